The number of furan rings is 1. The van der Waals surface area contributed by atoms with Crippen LogP contribution in [0.2, 0.25) is 0 Å². The Morgan fingerprint density at radius 2 is 1.91 bits per heavy atom. The summed E-state index contributed by atoms with van der Waals surface area (Å²) in [4.78, 5) is 34.2. The number of amides is 3. The lowest BCUT2D eigenvalue weighted by Gasteiger charge is -2.26. The zero-order valence-electron chi connectivity index (χ0n) is 12.7. The molecule has 8 nitrogen and oxygen atoms in total. The third-order valence-electron chi connectivity index (χ3n) is 3.85. The van der Waals surface area contributed by atoms with Crippen LogP contribution in [-0.2, 0) is 16.1 Å². The maximum absolute atomic E-state index is 11.8. The maximum atomic E-state index is 11.8. The summed E-state index contributed by atoms with van der Waals surface area (Å²) in [5.41, 5.74) is 0. The largest absolute Gasteiger partial charge is 0.481 e. The molecule has 0 aliphatic heterocycles. The summed E-state index contributed by atoms with van der Waals surface area (Å²) in [6.07, 6.45) is 3.94. The van der Waals surface area contributed by atoms with Crippen LogP contribution >= 0.6 is 0 Å². The molecular weight excluding hydrogens is 302 g/mol. The number of nitrogens with one attached hydrogen (secondary N) is 3. The Bertz CT molecular complexity index is 535. The maximum Gasteiger partial charge on any atom is 0.315 e. The van der Waals surface area contributed by atoms with Gasteiger partial charge in [-0.25, -0.2) is 4.79 Å². The van der Waals surface area contributed by atoms with Crippen molar-refractivity contribution in [2.24, 2.45) is 5.92 Å². The van der Waals surface area contributed by atoms with Crippen LogP contribution < -0.4 is 16.0 Å². The standard InChI is InChI=1S/C15H21N3O5/c19-13(18-11-5-3-10(4-6-11)14(20)21)9-17-15(22)16-8-12-2-1-7-23-12/h1-2,7,10-11H,3-6,8-9H2,(H,18,19)(H,20,21)(H2,16,17,22). The van der Waals surface area contributed by atoms with Crippen molar-refractivity contribution in [2.75, 3.05) is 6.54 Å². The molecule has 2 rings (SSSR count). The van der Waals surface area contributed by atoms with Crippen molar-refractivity contribution in [3.63, 3.8) is 0 Å². The highest BCUT2D eigenvalue weighted by Crippen LogP contribution is 2.24. The van der Waals surface area contributed by atoms with E-state index in [9.17, 15) is 14.4 Å². The summed E-state index contributed by atoms with van der Waals surface area (Å²) in [6.45, 7) is 0.127. The van der Waals surface area contributed by atoms with Gasteiger partial charge in [0.05, 0.1) is 25.3 Å². The van der Waals surface area contributed by atoms with Crippen LogP contribution in [0.5, 0.6) is 0 Å². The van der Waals surface area contributed by atoms with Gasteiger partial charge in [-0.05, 0) is 37.8 Å². The number of carbonyl (C=O) groups is 3. The van der Waals surface area contributed by atoms with Gasteiger partial charge in [-0.15, -0.1) is 0 Å². The van der Waals surface area contributed by atoms with Gasteiger partial charge in [0.2, 0.25) is 5.91 Å². The van der Waals surface area contributed by atoms with Gasteiger partial charge in [-0.3, -0.25) is 9.59 Å². The molecule has 1 aliphatic carbocycles. The van der Waals surface area contributed by atoms with Gasteiger partial charge in [-0.2, -0.15) is 0 Å². The third kappa shape index (κ3) is 5.65. The Balaban J connectivity index is 1.59. The summed E-state index contributed by atoms with van der Waals surface area (Å²) in [5.74, 6) is -0.741. The fourth-order valence-corrected chi connectivity index (χ4v) is 2.57. The van der Waals surface area contributed by atoms with E-state index in [0.717, 1.165) is 0 Å². The molecule has 4 N–H and O–H groups in total. The molecular formula is C15H21N3O5. The number of carboxylic acids is 1. The quantitative estimate of drug-likeness (QED) is 0.618. The average molecular weight is 323 g/mol. The van der Waals surface area contributed by atoms with E-state index in [0.29, 0.717) is 31.4 Å². The third-order valence-corrected chi connectivity index (χ3v) is 3.85. The number of carbonyl (C=O) groups excluding carboxylic acids is 2. The second kappa shape index (κ2) is 8.21. The van der Waals surface area contributed by atoms with E-state index < -0.39 is 12.0 Å². The van der Waals surface area contributed by atoms with Crippen LogP contribution in [0.15, 0.2) is 22.8 Å². The van der Waals surface area contributed by atoms with E-state index in [4.69, 9.17) is 9.52 Å². The second-order valence-electron chi connectivity index (χ2n) is 5.57. The zero-order valence-corrected chi connectivity index (χ0v) is 12.7. The van der Waals surface area contributed by atoms with Crippen molar-refractivity contribution in [3.05, 3.63) is 24.2 Å². The van der Waals surface area contributed by atoms with E-state index >= 15 is 0 Å². The van der Waals surface area contributed by atoms with Gasteiger partial charge >= 0.3 is 12.0 Å². The average Bonchev–Trinajstić information content (AvgIpc) is 3.05. The van der Waals surface area contributed by atoms with Crippen molar-refractivity contribution in [2.45, 2.75) is 38.3 Å². The molecule has 0 bridgehead atoms. The van der Waals surface area contributed by atoms with E-state index in [2.05, 4.69) is 16.0 Å². The van der Waals surface area contributed by atoms with Crippen LogP contribution in [0, 0.1) is 5.92 Å². The highest BCUT2D eigenvalue weighted by Gasteiger charge is 2.26. The number of rotatable bonds is 6. The normalized spacial score (nSPS) is 20.5. The molecule has 126 valence electrons. The molecule has 1 heterocycles. The Morgan fingerprint density at radius 1 is 1.17 bits per heavy atom. The summed E-state index contributed by atoms with van der Waals surface area (Å²) in [5, 5.41) is 16.8. The van der Waals surface area contributed by atoms with Crippen LogP contribution in [0.1, 0.15) is 31.4 Å². The van der Waals surface area contributed by atoms with E-state index in [1.807, 2.05) is 0 Å². The molecule has 3 amide bonds. The van der Waals surface area contributed by atoms with Gasteiger partial charge in [-0.1, -0.05) is 0 Å². The Kier molecular flexibility index (Phi) is 6.02. The van der Waals surface area contributed by atoms with Crippen molar-refractivity contribution in [1.82, 2.24) is 16.0 Å². The molecule has 1 aromatic rings. The highest BCUT2D eigenvalue weighted by atomic mass is 16.4. The summed E-state index contributed by atoms with van der Waals surface area (Å²) >= 11 is 0. The van der Waals surface area contributed by atoms with Crippen molar-refractivity contribution < 1.29 is 23.9 Å². The number of hydrogen-bond donors (Lipinski definition) is 4. The lowest BCUT2D eigenvalue weighted by Crippen LogP contribution is -2.45. The predicted molar refractivity (Wildman–Crippen MR) is 80.5 cm³/mol. The number of aliphatic carboxylic acids is 1. The fraction of sp³-hybridized carbons (Fsp3) is 0.533. The molecule has 1 fully saturated rings. The highest BCUT2D eigenvalue weighted by molar-refractivity contribution is 5.84. The van der Waals surface area contributed by atoms with E-state index in [1.54, 1.807) is 12.1 Å². The minimum absolute atomic E-state index is 0.0221. The minimum atomic E-state index is -0.773. The first-order valence-electron chi connectivity index (χ1n) is 7.61. The Hall–Kier alpha value is -2.51. The number of carboxylic acid groups (broad SMARTS) is 1. The van der Waals surface area contributed by atoms with Crippen molar-refractivity contribution in [1.29, 1.82) is 0 Å². The first-order chi connectivity index (χ1) is 11.0. The molecule has 1 aliphatic rings. The molecule has 0 radical (unpaired) electrons. The van der Waals surface area contributed by atoms with Crippen LogP contribution in [0.25, 0.3) is 0 Å². The van der Waals surface area contributed by atoms with Gasteiger partial charge < -0.3 is 25.5 Å². The topological polar surface area (TPSA) is 121 Å². The molecule has 0 spiro atoms. The van der Waals surface area contributed by atoms with Crippen LogP contribution in [0.4, 0.5) is 4.79 Å². The van der Waals surface area contributed by atoms with Gasteiger partial charge in [0.15, 0.2) is 0 Å². The summed E-state index contributed by atoms with van der Waals surface area (Å²) in [6, 6.07) is 2.99. The molecule has 0 saturated heterocycles. The van der Waals surface area contributed by atoms with Gasteiger partial charge in [0.1, 0.15) is 5.76 Å². The smallest absolute Gasteiger partial charge is 0.315 e. The molecule has 8 heteroatoms. The lowest BCUT2D eigenvalue weighted by molar-refractivity contribution is -0.142. The second-order valence-corrected chi connectivity index (χ2v) is 5.57. The van der Waals surface area contributed by atoms with Crippen molar-refractivity contribution in [3.8, 4) is 0 Å². The molecule has 1 aromatic heterocycles. The molecule has 23 heavy (non-hydrogen) atoms. The van der Waals surface area contributed by atoms with Crippen molar-refractivity contribution >= 4 is 17.9 Å². The monoisotopic (exact) mass is 323 g/mol. The van der Waals surface area contributed by atoms with E-state index in [-0.39, 0.29) is 31.0 Å². The Labute approximate surface area is 133 Å². The zero-order chi connectivity index (χ0) is 16.7. The first kappa shape index (κ1) is 16.9. The van der Waals surface area contributed by atoms with Crippen LogP contribution in [0.3, 0.4) is 0 Å². The number of urea groups is 1. The fourth-order valence-electron chi connectivity index (χ4n) is 2.57. The molecule has 1 saturated carbocycles. The predicted octanol–water partition coefficient (Wildman–Crippen LogP) is 0.838. The molecule has 0 unspecified atom stereocenters. The molecule has 0 atom stereocenters. The SMILES string of the molecule is O=C(CNC(=O)NCc1ccco1)NC1CCC(C(=O)O)CC1. The lowest BCUT2D eigenvalue weighted by atomic mass is 9.86. The molecule has 0 aromatic carbocycles. The minimum Gasteiger partial charge on any atom is -0.481 e. The first-order valence-corrected chi connectivity index (χ1v) is 7.61. The Morgan fingerprint density at radius 3 is 2.52 bits per heavy atom. The van der Waals surface area contributed by atoms with Crippen LogP contribution in [-0.4, -0.2) is 35.6 Å². The van der Waals surface area contributed by atoms with Gasteiger partial charge in [0, 0.05) is 6.04 Å². The van der Waals surface area contributed by atoms with E-state index in [1.165, 1.54) is 6.26 Å². The summed E-state index contributed by atoms with van der Waals surface area (Å²) in [7, 11) is 0. The van der Waals surface area contributed by atoms with Gasteiger partial charge in [0.25, 0.3) is 0 Å². The number of hydrogen-bond acceptors (Lipinski definition) is 4. The summed E-state index contributed by atoms with van der Waals surface area (Å²) < 4.78 is 5.07.